The molecule has 0 aliphatic heterocycles. The van der Waals surface area contributed by atoms with Crippen molar-refractivity contribution in [3.8, 4) is 0 Å². The molecule has 5 N–H and O–H groups in total. The van der Waals surface area contributed by atoms with Crippen LogP contribution in [0.2, 0.25) is 0 Å². The second-order valence-electron chi connectivity index (χ2n) is 9.77. The van der Waals surface area contributed by atoms with Gasteiger partial charge < -0.3 is 25.6 Å². The monoisotopic (exact) mass is 511 g/mol. The van der Waals surface area contributed by atoms with Crippen molar-refractivity contribution in [1.82, 2.24) is 26.3 Å². The Morgan fingerprint density at radius 3 is 2.42 bits per heavy atom. The average molecular weight is 512 g/mol. The van der Waals surface area contributed by atoms with E-state index in [0.717, 1.165) is 19.3 Å². The zero-order valence-corrected chi connectivity index (χ0v) is 22.2. The molecule has 4 atom stereocenters. The summed E-state index contributed by atoms with van der Waals surface area (Å²) in [5.41, 5.74) is 0.861. The molecule has 1 fully saturated rings. The molecular formula is C25H45N5O6. The van der Waals surface area contributed by atoms with Crippen LogP contribution in [0.3, 0.4) is 0 Å². The molecule has 0 radical (unpaired) electrons. The summed E-state index contributed by atoms with van der Waals surface area (Å²) < 4.78 is 0. The fourth-order valence-electron chi connectivity index (χ4n) is 4.85. The van der Waals surface area contributed by atoms with E-state index in [4.69, 9.17) is 5.21 Å². The molecule has 206 valence electrons. The summed E-state index contributed by atoms with van der Waals surface area (Å²) in [6.07, 6.45) is 7.41. The lowest BCUT2D eigenvalue weighted by Gasteiger charge is -2.41. The number of likely N-dealkylation sites (N-methyl/N-ethyl adjacent to an activating group) is 1. The number of nitrogens with zero attached hydrogens (tertiary/aromatic N) is 1. The Labute approximate surface area is 214 Å². The Bertz CT molecular complexity index is 748. The summed E-state index contributed by atoms with van der Waals surface area (Å²) in [6, 6.07) is -1.49. The van der Waals surface area contributed by atoms with Crippen LogP contribution in [0, 0.1) is 5.92 Å². The molecule has 1 aliphatic rings. The van der Waals surface area contributed by atoms with Crippen LogP contribution >= 0.6 is 0 Å². The van der Waals surface area contributed by atoms with E-state index in [2.05, 4.69) is 16.0 Å². The molecule has 1 aliphatic carbocycles. The molecule has 0 heterocycles. The third-order valence-electron chi connectivity index (χ3n) is 7.06. The molecule has 1 rings (SSSR count). The van der Waals surface area contributed by atoms with Crippen molar-refractivity contribution in [2.45, 2.75) is 103 Å². The first-order valence-electron chi connectivity index (χ1n) is 13.1. The quantitative estimate of drug-likeness (QED) is 0.0896. The Morgan fingerprint density at radius 2 is 1.83 bits per heavy atom. The van der Waals surface area contributed by atoms with E-state index in [1.54, 1.807) is 19.5 Å². The minimum atomic E-state index is -0.797. The smallest absolute Gasteiger partial charge is 0.245 e. The van der Waals surface area contributed by atoms with Crippen LogP contribution in [0.5, 0.6) is 0 Å². The van der Waals surface area contributed by atoms with Crippen LogP contribution in [0.15, 0.2) is 0 Å². The van der Waals surface area contributed by atoms with E-state index < -0.39 is 29.4 Å². The maximum atomic E-state index is 13.2. The number of hydroxylamine groups is 1. The molecule has 1 saturated carbocycles. The fraction of sp³-hybridized carbons (Fsp3) is 0.800. The second kappa shape index (κ2) is 16.3. The van der Waals surface area contributed by atoms with E-state index in [-0.39, 0.29) is 30.7 Å². The van der Waals surface area contributed by atoms with Crippen LogP contribution < -0.4 is 21.4 Å². The minimum absolute atomic E-state index is 0.142. The first kappa shape index (κ1) is 31.5. The maximum absolute atomic E-state index is 13.2. The van der Waals surface area contributed by atoms with Crippen molar-refractivity contribution < 1.29 is 29.2 Å². The number of carbonyl (C=O) groups excluding carboxylic acids is 5. The van der Waals surface area contributed by atoms with Gasteiger partial charge in [0.05, 0.1) is 12.6 Å². The molecule has 36 heavy (non-hydrogen) atoms. The Balaban J connectivity index is 2.64. The van der Waals surface area contributed by atoms with Gasteiger partial charge in [0, 0.05) is 13.0 Å². The van der Waals surface area contributed by atoms with E-state index in [1.165, 1.54) is 4.90 Å². The van der Waals surface area contributed by atoms with Gasteiger partial charge >= 0.3 is 0 Å². The Morgan fingerprint density at radius 1 is 1.11 bits per heavy atom. The van der Waals surface area contributed by atoms with Crippen LogP contribution in [0.4, 0.5) is 0 Å². The fourth-order valence-corrected chi connectivity index (χ4v) is 4.85. The predicted octanol–water partition coefficient (Wildman–Crippen LogP) is 1.04. The molecule has 11 nitrogen and oxygen atoms in total. The van der Waals surface area contributed by atoms with Gasteiger partial charge in [-0.05, 0) is 52.0 Å². The second-order valence-corrected chi connectivity index (χ2v) is 9.77. The normalized spacial score (nSPS) is 21.1. The molecule has 0 spiro atoms. The zero-order valence-electron chi connectivity index (χ0n) is 22.2. The summed E-state index contributed by atoms with van der Waals surface area (Å²) in [5.74, 6) is -1.31. The van der Waals surface area contributed by atoms with Gasteiger partial charge in [-0.2, -0.15) is 0 Å². The van der Waals surface area contributed by atoms with Gasteiger partial charge in [-0.3, -0.25) is 24.4 Å². The molecular weight excluding hydrogens is 466 g/mol. The number of hydrogen-bond donors (Lipinski definition) is 5. The van der Waals surface area contributed by atoms with E-state index in [9.17, 15) is 24.0 Å². The lowest BCUT2D eigenvalue weighted by Crippen LogP contribution is -2.63. The van der Waals surface area contributed by atoms with Crippen LogP contribution in [0.1, 0.15) is 85.0 Å². The molecule has 4 amide bonds. The number of rotatable bonds is 16. The Hall–Kier alpha value is -2.53. The predicted molar refractivity (Wildman–Crippen MR) is 135 cm³/mol. The van der Waals surface area contributed by atoms with Gasteiger partial charge in [-0.1, -0.05) is 39.5 Å². The van der Waals surface area contributed by atoms with Crippen molar-refractivity contribution >= 4 is 29.9 Å². The summed E-state index contributed by atoms with van der Waals surface area (Å²) in [6.45, 7) is 5.71. The third kappa shape index (κ3) is 9.50. The lowest BCUT2D eigenvalue weighted by atomic mass is 9.73. The van der Waals surface area contributed by atoms with E-state index in [0.29, 0.717) is 51.4 Å². The van der Waals surface area contributed by atoms with Crippen molar-refractivity contribution in [3.05, 3.63) is 0 Å². The first-order valence-corrected chi connectivity index (χ1v) is 13.1. The van der Waals surface area contributed by atoms with Crippen molar-refractivity contribution in [3.63, 3.8) is 0 Å². The molecule has 0 aromatic heterocycles. The average Bonchev–Trinajstić information content (AvgIpc) is 2.87. The highest BCUT2D eigenvalue weighted by atomic mass is 16.5. The molecule has 11 heteroatoms. The third-order valence-corrected chi connectivity index (χ3v) is 7.06. The summed E-state index contributed by atoms with van der Waals surface area (Å²) in [7, 11) is 1.77. The highest BCUT2D eigenvalue weighted by Gasteiger charge is 2.44. The van der Waals surface area contributed by atoms with E-state index >= 15 is 0 Å². The van der Waals surface area contributed by atoms with Gasteiger partial charge in [0.2, 0.25) is 23.6 Å². The van der Waals surface area contributed by atoms with Crippen molar-refractivity contribution in [2.24, 2.45) is 5.92 Å². The van der Waals surface area contributed by atoms with Crippen LogP contribution in [-0.2, 0) is 24.0 Å². The topological polar surface area (TPSA) is 157 Å². The summed E-state index contributed by atoms with van der Waals surface area (Å²) in [4.78, 5) is 62.8. The number of aldehydes is 1. The Kier molecular flexibility index (Phi) is 14.2. The van der Waals surface area contributed by atoms with Gasteiger partial charge in [-0.25, -0.2) is 5.48 Å². The van der Waals surface area contributed by atoms with Crippen molar-refractivity contribution in [2.75, 3.05) is 20.1 Å². The standard InChI is InChI=1S/C25H45N5O6/c1-5-15-30(16-22(33)28-20(17-31)12-7-6-8-13-21(32)29-36)23(34)19(3)27-24(35)25(26-4)14-10-9-11-18(25)2/h17-20,26,36H,5-16H2,1-4H3,(H,27,35)(H,28,33)(H,29,32). The molecule has 0 saturated heterocycles. The molecule has 4 unspecified atom stereocenters. The summed E-state index contributed by atoms with van der Waals surface area (Å²) >= 11 is 0. The lowest BCUT2D eigenvalue weighted by molar-refractivity contribution is -0.141. The number of unbranched alkanes of at least 4 members (excludes halogenated alkanes) is 2. The minimum Gasteiger partial charge on any atom is -0.345 e. The number of hydrogen-bond acceptors (Lipinski definition) is 7. The highest BCUT2D eigenvalue weighted by Crippen LogP contribution is 2.33. The largest absolute Gasteiger partial charge is 0.345 e. The SMILES string of the molecule is CCCN(CC(=O)NC(C=O)CCCCCC(=O)NO)C(=O)C(C)NC(=O)C1(NC)CCCCC1C. The van der Waals surface area contributed by atoms with Gasteiger partial charge in [-0.15, -0.1) is 0 Å². The molecule has 0 aromatic rings. The zero-order chi connectivity index (χ0) is 27.1. The molecule has 0 bridgehead atoms. The van der Waals surface area contributed by atoms with Crippen LogP contribution in [-0.4, -0.2) is 77.8 Å². The highest BCUT2D eigenvalue weighted by molar-refractivity contribution is 5.93. The number of nitrogens with one attached hydrogen (secondary N) is 4. The number of amides is 4. The van der Waals surface area contributed by atoms with Gasteiger partial charge in [0.25, 0.3) is 0 Å². The maximum Gasteiger partial charge on any atom is 0.245 e. The number of carbonyl (C=O) groups is 5. The first-order chi connectivity index (χ1) is 17.1. The van der Waals surface area contributed by atoms with E-state index in [1.807, 2.05) is 13.8 Å². The van der Waals surface area contributed by atoms with Gasteiger partial charge in [0.15, 0.2) is 0 Å². The molecule has 0 aromatic carbocycles. The summed E-state index contributed by atoms with van der Waals surface area (Å²) in [5, 5.41) is 17.2. The van der Waals surface area contributed by atoms with Crippen molar-refractivity contribution in [1.29, 1.82) is 0 Å². The van der Waals surface area contributed by atoms with Crippen LogP contribution in [0.25, 0.3) is 0 Å². The van der Waals surface area contributed by atoms with Gasteiger partial charge in [0.1, 0.15) is 17.9 Å².